The van der Waals surface area contributed by atoms with E-state index in [-0.39, 0.29) is 0 Å². The summed E-state index contributed by atoms with van der Waals surface area (Å²) in [7, 11) is 1.84. The number of nitrogens with zero attached hydrogens (tertiary/aromatic N) is 2. The van der Waals surface area contributed by atoms with Crippen molar-refractivity contribution in [3.63, 3.8) is 0 Å². The normalized spacial score (nSPS) is 10.3. The summed E-state index contributed by atoms with van der Waals surface area (Å²) in [4.78, 5) is 8.77. The van der Waals surface area contributed by atoms with Gasteiger partial charge in [0.15, 0.2) is 5.16 Å². The van der Waals surface area contributed by atoms with Crippen LogP contribution in [0.25, 0.3) is 0 Å². The van der Waals surface area contributed by atoms with E-state index in [1.54, 1.807) is 0 Å². The van der Waals surface area contributed by atoms with Crippen LogP contribution < -0.4 is 10.1 Å². The molecule has 6 heteroatoms. The van der Waals surface area contributed by atoms with Crippen LogP contribution in [-0.2, 0) is 6.61 Å². The molecule has 0 saturated heterocycles. The minimum Gasteiger partial charge on any atom is -0.472 e. The third-order valence-electron chi connectivity index (χ3n) is 2.44. The van der Waals surface area contributed by atoms with Crippen molar-refractivity contribution in [1.29, 1.82) is 0 Å². The molecule has 4 nitrogen and oxygen atoms in total. The van der Waals surface area contributed by atoms with Crippen molar-refractivity contribution in [3.8, 4) is 5.88 Å². The minimum atomic E-state index is 0.505. The Balaban J connectivity index is 2.19. The zero-order chi connectivity index (χ0) is 13.7. The maximum absolute atomic E-state index is 5.80. The fraction of sp³-hybridized carbons (Fsp3) is 0.231. The van der Waals surface area contributed by atoms with Crippen LogP contribution in [0.3, 0.4) is 0 Å². The van der Waals surface area contributed by atoms with E-state index in [0.29, 0.717) is 17.6 Å². The molecule has 2 rings (SSSR count). The lowest BCUT2D eigenvalue weighted by Crippen LogP contribution is -2.05. The first-order chi connectivity index (χ1) is 9.24. The zero-order valence-electron chi connectivity index (χ0n) is 10.7. The first kappa shape index (κ1) is 14.4. The molecule has 0 amide bonds. The number of thioether (sulfide) groups is 1. The lowest BCUT2D eigenvalue weighted by molar-refractivity contribution is 0.288. The van der Waals surface area contributed by atoms with Crippen molar-refractivity contribution in [3.05, 3.63) is 39.5 Å². The molecule has 0 saturated carbocycles. The minimum absolute atomic E-state index is 0.505. The smallest absolute Gasteiger partial charge is 0.233 e. The van der Waals surface area contributed by atoms with Crippen LogP contribution >= 0.6 is 34.4 Å². The van der Waals surface area contributed by atoms with Crippen molar-refractivity contribution < 1.29 is 4.74 Å². The van der Waals surface area contributed by atoms with Crippen LogP contribution in [0.2, 0.25) is 0 Å². The number of aromatic nitrogens is 2. The van der Waals surface area contributed by atoms with E-state index in [0.717, 1.165) is 15.0 Å². The van der Waals surface area contributed by atoms with Gasteiger partial charge in [0, 0.05) is 7.05 Å². The third-order valence-corrected chi connectivity index (χ3v) is 3.96. The summed E-state index contributed by atoms with van der Waals surface area (Å²) in [6.45, 7) is 0.505. The Labute approximate surface area is 130 Å². The number of ether oxygens (including phenoxy) is 1. The van der Waals surface area contributed by atoms with Gasteiger partial charge in [0.25, 0.3) is 0 Å². The van der Waals surface area contributed by atoms with Gasteiger partial charge < -0.3 is 10.1 Å². The van der Waals surface area contributed by atoms with Crippen molar-refractivity contribution in [2.24, 2.45) is 0 Å². The number of benzene rings is 1. The summed E-state index contributed by atoms with van der Waals surface area (Å²) >= 11 is 3.69. The standard InChI is InChI=1S/C13H14IN3OS/c1-15-11-10(14)12(17-13(16-11)19-2)18-8-9-6-4-3-5-7-9/h3-7H,8H2,1-2H3,(H,15,16,17). The molecule has 1 aromatic carbocycles. The molecule has 0 aliphatic rings. The van der Waals surface area contributed by atoms with Gasteiger partial charge in [-0.25, -0.2) is 4.98 Å². The second-order valence-corrected chi connectivity index (χ2v) is 5.55. The number of hydrogen-bond acceptors (Lipinski definition) is 5. The van der Waals surface area contributed by atoms with E-state index in [1.807, 2.05) is 43.6 Å². The molecule has 0 radical (unpaired) electrons. The molecule has 2 aromatic rings. The summed E-state index contributed by atoms with van der Waals surface area (Å²) in [5.41, 5.74) is 1.12. The van der Waals surface area contributed by atoms with E-state index >= 15 is 0 Å². The maximum atomic E-state index is 5.80. The average Bonchev–Trinajstić information content (AvgIpc) is 2.47. The summed E-state index contributed by atoms with van der Waals surface area (Å²) in [5, 5.41) is 3.76. The molecule has 1 aromatic heterocycles. The van der Waals surface area contributed by atoms with Gasteiger partial charge in [0.2, 0.25) is 5.88 Å². The van der Waals surface area contributed by atoms with Gasteiger partial charge in [0.1, 0.15) is 16.0 Å². The molecular formula is C13H14IN3OS. The molecule has 0 spiro atoms. The third kappa shape index (κ3) is 3.73. The molecule has 0 aliphatic heterocycles. The SMILES string of the molecule is CNc1nc(SC)nc(OCc2ccccc2)c1I. The van der Waals surface area contributed by atoms with E-state index in [4.69, 9.17) is 4.74 Å². The number of anilines is 1. The molecule has 0 bridgehead atoms. The topological polar surface area (TPSA) is 47.0 Å². The van der Waals surface area contributed by atoms with Gasteiger partial charge in [-0.3, -0.25) is 0 Å². The van der Waals surface area contributed by atoms with Gasteiger partial charge >= 0.3 is 0 Å². The van der Waals surface area contributed by atoms with E-state index in [1.165, 1.54) is 11.8 Å². The number of rotatable bonds is 5. The van der Waals surface area contributed by atoms with Gasteiger partial charge in [-0.05, 0) is 34.4 Å². The molecule has 100 valence electrons. The molecule has 1 heterocycles. The van der Waals surface area contributed by atoms with Crippen LogP contribution in [0, 0.1) is 3.57 Å². The van der Waals surface area contributed by atoms with E-state index < -0.39 is 0 Å². The second kappa shape index (κ2) is 6.95. The van der Waals surface area contributed by atoms with Crippen molar-refractivity contribution in [2.75, 3.05) is 18.6 Å². The highest BCUT2D eigenvalue weighted by molar-refractivity contribution is 14.1. The summed E-state index contributed by atoms with van der Waals surface area (Å²) < 4.78 is 6.69. The van der Waals surface area contributed by atoms with Gasteiger partial charge in [-0.1, -0.05) is 42.1 Å². The first-order valence-corrected chi connectivity index (χ1v) is 8.01. The van der Waals surface area contributed by atoms with Crippen LogP contribution in [0.15, 0.2) is 35.5 Å². The fourth-order valence-electron chi connectivity index (χ4n) is 1.49. The second-order valence-electron chi connectivity index (χ2n) is 3.70. The van der Waals surface area contributed by atoms with E-state index in [9.17, 15) is 0 Å². The Kier molecular flexibility index (Phi) is 5.26. The highest BCUT2D eigenvalue weighted by Gasteiger charge is 2.12. The van der Waals surface area contributed by atoms with Crippen LogP contribution in [0.1, 0.15) is 5.56 Å². The predicted molar refractivity (Wildman–Crippen MR) is 86.9 cm³/mol. The lowest BCUT2D eigenvalue weighted by Gasteiger charge is -2.11. The molecular weight excluding hydrogens is 373 g/mol. The van der Waals surface area contributed by atoms with Crippen molar-refractivity contribution in [2.45, 2.75) is 11.8 Å². The Hall–Kier alpha value is -1.02. The predicted octanol–water partition coefficient (Wildman–Crippen LogP) is 3.42. The highest BCUT2D eigenvalue weighted by atomic mass is 127. The Morgan fingerprint density at radius 2 is 2.00 bits per heavy atom. The van der Waals surface area contributed by atoms with Crippen LogP contribution in [-0.4, -0.2) is 23.3 Å². The molecule has 1 N–H and O–H groups in total. The average molecular weight is 387 g/mol. The number of halogens is 1. The molecule has 19 heavy (non-hydrogen) atoms. The summed E-state index contributed by atoms with van der Waals surface area (Å²) in [6, 6.07) is 10.0. The zero-order valence-corrected chi connectivity index (χ0v) is 13.7. The first-order valence-electron chi connectivity index (χ1n) is 5.70. The van der Waals surface area contributed by atoms with Gasteiger partial charge in [0.05, 0.1) is 0 Å². The molecule has 0 unspecified atom stereocenters. The number of hydrogen-bond donors (Lipinski definition) is 1. The number of nitrogens with one attached hydrogen (secondary N) is 1. The van der Waals surface area contributed by atoms with Crippen molar-refractivity contribution >= 4 is 40.2 Å². The quantitative estimate of drug-likeness (QED) is 0.484. The largest absolute Gasteiger partial charge is 0.472 e. The summed E-state index contributed by atoms with van der Waals surface area (Å²) in [5.74, 6) is 1.41. The highest BCUT2D eigenvalue weighted by Crippen LogP contribution is 2.27. The maximum Gasteiger partial charge on any atom is 0.233 e. The van der Waals surface area contributed by atoms with E-state index in [2.05, 4.69) is 37.9 Å². The Bertz CT molecular complexity index is 551. The van der Waals surface area contributed by atoms with Crippen molar-refractivity contribution in [1.82, 2.24) is 9.97 Å². The monoisotopic (exact) mass is 387 g/mol. The molecule has 0 aliphatic carbocycles. The Morgan fingerprint density at radius 1 is 1.26 bits per heavy atom. The van der Waals surface area contributed by atoms with Crippen LogP contribution in [0.5, 0.6) is 5.88 Å². The van der Waals surface area contributed by atoms with Gasteiger partial charge in [-0.15, -0.1) is 0 Å². The molecule has 0 fully saturated rings. The summed E-state index contributed by atoms with van der Waals surface area (Å²) in [6.07, 6.45) is 1.95. The van der Waals surface area contributed by atoms with Gasteiger partial charge in [-0.2, -0.15) is 4.98 Å². The Morgan fingerprint density at radius 3 is 2.63 bits per heavy atom. The molecule has 0 atom stereocenters. The van der Waals surface area contributed by atoms with Crippen LogP contribution in [0.4, 0.5) is 5.82 Å². The lowest BCUT2D eigenvalue weighted by atomic mass is 10.2. The fourth-order valence-corrected chi connectivity index (χ4v) is 2.51.